The number of carbonyl (C=O) groups is 1. The predicted octanol–water partition coefficient (Wildman–Crippen LogP) is 2.82. The summed E-state index contributed by atoms with van der Waals surface area (Å²) in [4.78, 5) is 12.0. The van der Waals surface area contributed by atoms with Crippen molar-refractivity contribution < 1.29 is 14.3 Å². The molecule has 0 aliphatic heterocycles. The maximum Gasteiger partial charge on any atom is 0.238 e. The molecule has 23 heavy (non-hydrogen) atoms. The summed E-state index contributed by atoms with van der Waals surface area (Å²) in [5.74, 6) is 1.39. The van der Waals surface area contributed by atoms with E-state index in [9.17, 15) is 4.79 Å². The van der Waals surface area contributed by atoms with Gasteiger partial charge in [-0.25, -0.2) is 0 Å². The van der Waals surface area contributed by atoms with Crippen LogP contribution in [0.5, 0.6) is 11.5 Å². The highest BCUT2D eigenvalue weighted by molar-refractivity contribution is 5.93. The number of benzene rings is 2. The summed E-state index contributed by atoms with van der Waals surface area (Å²) in [5, 5.41) is 5.97. The van der Waals surface area contributed by atoms with E-state index in [1.807, 2.05) is 55.5 Å². The first-order valence-corrected chi connectivity index (χ1v) is 7.58. The molecule has 0 unspecified atom stereocenters. The van der Waals surface area contributed by atoms with Crippen molar-refractivity contribution in [3.8, 4) is 11.5 Å². The predicted molar refractivity (Wildman–Crippen MR) is 90.9 cm³/mol. The second-order valence-corrected chi connectivity index (χ2v) is 4.93. The lowest BCUT2D eigenvalue weighted by atomic mass is 10.2. The Morgan fingerprint density at radius 2 is 1.83 bits per heavy atom. The second-order valence-electron chi connectivity index (χ2n) is 4.93. The van der Waals surface area contributed by atoms with Crippen LogP contribution in [0.1, 0.15) is 12.5 Å². The topological polar surface area (TPSA) is 59.6 Å². The van der Waals surface area contributed by atoms with Crippen molar-refractivity contribution in [2.24, 2.45) is 0 Å². The molecule has 2 aromatic rings. The molecule has 0 aliphatic carbocycles. The third-order valence-corrected chi connectivity index (χ3v) is 3.23. The molecule has 0 radical (unpaired) electrons. The minimum atomic E-state index is -0.106. The number of para-hydroxylation sites is 2. The van der Waals surface area contributed by atoms with Gasteiger partial charge in [0.15, 0.2) is 0 Å². The monoisotopic (exact) mass is 314 g/mol. The first-order chi connectivity index (χ1) is 11.2. The van der Waals surface area contributed by atoms with Crippen molar-refractivity contribution in [2.75, 3.05) is 25.6 Å². The van der Waals surface area contributed by atoms with E-state index in [4.69, 9.17) is 9.47 Å². The molecule has 5 heteroatoms. The van der Waals surface area contributed by atoms with Gasteiger partial charge in [-0.05, 0) is 36.8 Å². The van der Waals surface area contributed by atoms with Gasteiger partial charge in [0, 0.05) is 6.54 Å². The van der Waals surface area contributed by atoms with E-state index in [2.05, 4.69) is 10.6 Å². The van der Waals surface area contributed by atoms with Crippen molar-refractivity contribution in [3.63, 3.8) is 0 Å². The lowest BCUT2D eigenvalue weighted by Gasteiger charge is -2.11. The van der Waals surface area contributed by atoms with Crippen molar-refractivity contribution in [2.45, 2.75) is 13.5 Å². The Kier molecular flexibility index (Phi) is 6.44. The third kappa shape index (κ3) is 5.30. The highest BCUT2D eigenvalue weighted by Gasteiger charge is 2.06. The van der Waals surface area contributed by atoms with Gasteiger partial charge in [0.25, 0.3) is 0 Å². The van der Waals surface area contributed by atoms with Crippen molar-refractivity contribution in [1.29, 1.82) is 0 Å². The van der Waals surface area contributed by atoms with Gasteiger partial charge in [-0.3, -0.25) is 4.79 Å². The van der Waals surface area contributed by atoms with Crippen molar-refractivity contribution in [1.82, 2.24) is 5.32 Å². The van der Waals surface area contributed by atoms with Gasteiger partial charge >= 0.3 is 0 Å². The summed E-state index contributed by atoms with van der Waals surface area (Å²) in [6.45, 7) is 3.31. The molecule has 0 aromatic heterocycles. The summed E-state index contributed by atoms with van der Waals surface area (Å²) in [6.07, 6.45) is 0. The lowest BCUT2D eigenvalue weighted by molar-refractivity contribution is -0.115. The van der Waals surface area contributed by atoms with Gasteiger partial charge in [-0.2, -0.15) is 0 Å². The van der Waals surface area contributed by atoms with Crippen molar-refractivity contribution in [3.05, 3.63) is 54.1 Å². The fourth-order valence-electron chi connectivity index (χ4n) is 2.11. The maximum absolute atomic E-state index is 12.0. The van der Waals surface area contributed by atoms with E-state index in [1.54, 1.807) is 7.11 Å². The number of nitrogens with one attached hydrogen (secondary N) is 2. The minimum absolute atomic E-state index is 0.106. The van der Waals surface area contributed by atoms with Crippen LogP contribution >= 0.6 is 0 Å². The molecular weight excluding hydrogens is 292 g/mol. The number of ether oxygens (including phenoxy) is 2. The molecule has 0 saturated carbocycles. The average molecular weight is 314 g/mol. The van der Waals surface area contributed by atoms with Gasteiger partial charge in [0.1, 0.15) is 11.5 Å². The highest BCUT2D eigenvalue weighted by atomic mass is 16.5. The Morgan fingerprint density at radius 3 is 2.52 bits per heavy atom. The van der Waals surface area contributed by atoms with Gasteiger partial charge < -0.3 is 20.1 Å². The minimum Gasteiger partial charge on any atom is -0.497 e. The van der Waals surface area contributed by atoms with Gasteiger partial charge in [0.2, 0.25) is 5.91 Å². The summed E-state index contributed by atoms with van der Waals surface area (Å²) in [7, 11) is 1.64. The smallest absolute Gasteiger partial charge is 0.238 e. The SMILES string of the molecule is CCOc1ccccc1NC(=O)CNCc1ccc(OC)cc1. The second kappa shape index (κ2) is 8.80. The van der Waals surface area contributed by atoms with E-state index < -0.39 is 0 Å². The van der Waals surface area contributed by atoms with Gasteiger partial charge in [-0.1, -0.05) is 24.3 Å². The standard InChI is InChI=1S/C18H22N2O3/c1-3-23-17-7-5-4-6-16(17)20-18(21)13-19-12-14-8-10-15(22-2)11-9-14/h4-11,19H,3,12-13H2,1-2H3,(H,20,21). The number of carbonyl (C=O) groups excluding carboxylic acids is 1. The van der Waals surface area contributed by atoms with Gasteiger partial charge in [-0.15, -0.1) is 0 Å². The molecule has 0 spiro atoms. The van der Waals surface area contributed by atoms with Crippen LogP contribution < -0.4 is 20.1 Å². The summed E-state index contributed by atoms with van der Waals surface area (Å²) < 4.78 is 10.6. The molecule has 0 bridgehead atoms. The summed E-state index contributed by atoms with van der Waals surface area (Å²) >= 11 is 0. The Bertz CT molecular complexity index is 626. The molecule has 5 nitrogen and oxygen atoms in total. The highest BCUT2D eigenvalue weighted by Crippen LogP contribution is 2.23. The number of hydrogen-bond donors (Lipinski definition) is 2. The maximum atomic E-state index is 12.0. The van der Waals surface area contributed by atoms with E-state index in [0.717, 1.165) is 11.3 Å². The summed E-state index contributed by atoms with van der Waals surface area (Å²) in [5.41, 5.74) is 1.78. The third-order valence-electron chi connectivity index (χ3n) is 3.23. The van der Waals surface area contributed by atoms with E-state index in [0.29, 0.717) is 24.6 Å². The van der Waals surface area contributed by atoms with Crippen LogP contribution in [0.2, 0.25) is 0 Å². The Hall–Kier alpha value is -2.53. The zero-order valence-electron chi connectivity index (χ0n) is 13.5. The van der Waals surface area contributed by atoms with E-state index in [1.165, 1.54) is 0 Å². The van der Waals surface area contributed by atoms with Crippen LogP contribution in [0.3, 0.4) is 0 Å². The molecule has 0 atom stereocenters. The average Bonchev–Trinajstić information content (AvgIpc) is 2.57. The first kappa shape index (κ1) is 16.8. The Labute approximate surface area is 136 Å². The van der Waals surface area contributed by atoms with Crippen LogP contribution in [0.15, 0.2) is 48.5 Å². The normalized spacial score (nSPS) is 10.2. The van der Waals surface area contributed by atoms with Crippen molar-refractivity contribution >= 4 is 11.6 Å². The molecular formula is C18H22N2O3. The number of rotatable bonds is 8. The fraction of sp³-hybridized carbons (Fsp3) is 0.278. The molecule has 2 N–H and O–H groups in total. The zero-order chi connectivity index (χ0) is 16.5. The molecule has 0 fully saturated rings. The van der Waals surface area contributed by atoms with Crippen LogP contribution in [0.25, 0.3) is 0 Å². The van der Waals surface area contributed by atoms with E-state index in [-0.39, 0.29) is 12.5 Å². The molecule has 1 amide bonds. The fourth-order valence-corrected chi connectivity index (χ4v) is 2.11. The summed E-state index contributed by atoms with van der Waals surface area (Å²) in [6, 6.07) is 15.1. The largest absolute Gasteiger partial charge is 0.497 e. The lowest BCUT2D eigenvalue weighted by Crippen LogP contribution is -2.27. The number of amides is 1. The van der Waals surface area contributed by atoms with E-state index >= 15 is 0 Å². The zero-order valence-corrected chi connectivity index (χ0v) is 13.5. The Morgan fingerprint density at radius 1 is 1.09 bits per heavy atom. The molecule has 0 aliphatic rings. The van der Waals surface area contributed by atoms with Crippen LogP contribution in [-0.4, -0.2) is 26.2 Å². The number of anilines is 1. The quantitative estimate of drug-likeness (QED) is 0.786. The number of methoxy groups -OCH3 is 1. The molecule has 2 rings (SSSR count). The molecule has 122 valence electrons. The molecule has 2 aromatic carbocycles. The van der Waals surface area contributed by atoms with Crippen LogP contribution in [-0.2, 0) is 11.3 Å². The van der Waals surface area contributed by atoms with Crippen LogP contribution in [0.4, 0.5) is 5.69 Å². The van der Waals surface area contributed by atoms with Crippen LogP contribution in [0, 0.1) is 0 Å². The molecule has 0 heterocycles. The number of hydrogen-bond acceptors (Lipinski definition) is 4. The Balaban J connectivity index is 1.81. The van der Waals surface area contributed by atoms with Gasteiger partial charge in [0.05, 0.1) is 25.9 Å². The molecule has 0 saturated heterocycles. The first-order valence-electron chi connectivity index (χ1n) is 7.58.